The number of thiazole rings is 1. The Morgan fingerprint density at radius 2 is 1.92 bits per heavy atom. The molecule has 4 rings (SSSR count). The van der Waals surface area contributed by atoms with Gasteiger partial charge in [-0.25, -0.2) is 9.97 Å². The number of fused-ring (bicyclic) bond motifs is 2. The lowest BCUT2D eigenvalue weighted by Crippen LogP contribution is -2.13. The Morgan fingerprint density at radius 1 is 1.04 bits per heavy atom. The Kier molecular flexibility index (Phi) is 3.59. The topological polar surface area (TPSA) is 64.1 Å². The largest absolute Gasteiger partial charge is 0.497 e. The lowest BCUT2D eigenvalue weighted by molar-refractivity contribution is 0.102. The number of carbonyl (C=O) groups excluding carboxylic acids is 1. The Hall–Kier alpha value is -2.99. The monoisotopic (exact) mass is 335 g/mol. The molecule has 6 heteroatoms. The van der Waals surface area contributed by atoms with Gasteiger partial charge in [0, 0.05) is 5.39 Å². The molecule has 4 aromatic rings. The molecular weight excluding hydrogens is 322 g/mol. The molecule has 0 unspecified atom stereocenters. The molecule has 5 nitrogen and oxygen atoms in total. The van der Waals surface area contributed by atoms with Crippen molar-refractivity contribution >= 4 is 43.5 Å². The second kappa shape index (κ2) is 5.90. The molecule has 0 fully saturated rings. The van der Waals surface area contributed by atoms with Crippen LogP contribution in [0.2, 0.25) is 0 Å². The van der Waals surface area contributed by atoms with E-state index in [1.54, 1.807) is 13.2 Å². The summed E-state index contributed by atoms with van der Waals surface area (Å²) < 4.78 is 6.16. The number of benzene rings is 2. The van der Waals surface area contributed by atoms with Crippen LogP contribution in [0.3, 0.4) is 0 Å². The summed E-state index contributed by atoms with van der Waals surface area (Å²) >= 11 is 1.40. The van der Waals surface area contributed by atoms with E-state index in [9.17, 15) is 4.79 Å². The molecule has 2 heterocycles. The first-order valence-electron chi connectivity index (χ1n) is 7.35. The van der Waals surface area contributed by atoms with Crippen molar-refractivity contribution in [2.45, 2.75) is 0 Å². The fraction of sp³-hybridized carbons (Fsp3) is 0.0556. The van der Waals surface area contributed by atoms with E-state index in [1.807, 2.05) is 48.5 Å². The van der Waals surface area contributed by atoms with Crippen molar-refractivity contribution in [1.29, 1.82) is 0 Å². The number of anilines is 1. The molecule has 1 amide bonds. The van der Waals surface area contributed by atoms with Gasteiger partial charge >= 0.3 is 0 Å². The van der Waals surface area contributed by atoms with E-state index in [1.165, 1.54) is 11.3 Å². The van der Waals surface area contributed by atoms with E-state index < -0.39 is 0 Å². The van der Waals surface area contributed by atoms with Gasteiger partial charge in [0.25, 0.3) is 5.91 Å². The van der Waals surface area contributed by atoms with Gasteiger partial charge in [-0.2, -0.15) is 0 Å². The highest BCUT2D eigenvalue weighted by molar-refractivity contribution is 7.22. The van der Waals surface area contributed by atoms with Gasteiger partial charge in [-0.15, -0.1) is 0 Å². The smallest absolute Gasteiger partial charge is 0.276 e. The number of rotatable bonds is 3. The SMILES string of the molecule is COc1ccc2nc(NC(=O)c3ccc4ccccc4n3)sc2c1. The van der Waals surface area contributed by atoms with Gasteiger partial charge in [0.15, 0.2) is 5.13 Å². The number of methoxy groups -OCH3 is 1. The van der Waals surface area contributed by atoms with Crippen molar-refractivity contribution in [3.63, 3.8) is 0 Å². The fourth-order valence-electron chi connectivity index (χ4n) is 2.44. The molecule has 118 valence electrons. The summed E-state index contributed by atoms with van der Waals surface area (Å²) in [7, 11) is 1.62. The van der Waals surface area contributed by atoms with Crippen molar-refractivity contribution in [3.8, 4) is 5.75 Å². The molecule has 2 aromatic carbocycles. The van der Waals surface area contributed by atoms with Gasteiger partial charge in [-0.05, 0) is 30.3 Å². The van der Waals surface area contributed by atoms with Crippen LogP contribution in [0.25, 0.3) is 21.1 Å². The van der Waals surface area contributed by atoms with Crippen molar-refractivity contribution in [2.24, 2.45) is 0 Å². The van der Waals surface area contributed by atoms with Crippen LogP contribution in [0, 0.1) is 0 Å². The van der Waals surface area contributed by atoms with E-state index in [0.717, 1.165) is 26.9 Å². The fourth-order valence-corrected chi connectivity index (χ4v) is 3.33. The Balaban J connectivity index is 1.62. The van der Waals surface area contributed by atoms with Crippen molar-refractivity contribution < 1.29 is 9.53 Å². The number of amides is 1. The highest BCUT2D eigenvalue weighted by atomic mass is 32.1. The summed E-state index contributed by atoms with van der Waals surface area (Å²) in [5.41, 5.74) is 1.98. The molecule has 0 aliphatic rings. The first kappa shape index (κ1) is 14.6. The van der Waals surface area contributed by atoms with Crippen LogP contribution >= 0.6 is 11.3 Å². The van der Waals surface area contributed by atoms with E-state index in [2.05, 4.69) is 15.3 Å². The van der Waals surface area contributed by atoms with E-state index in [-0.39, 0.29) is 5.91 Å². The highest BCUT2D eigenvalue weighted by Gasteiger charge is 2.12. The molecule has 24 heavy (non-hydrogen) atoms. The van der Waals surface area contributed by atoms with Gasteiger partial charge in [0.1, 0.15) is 11.4 Å². The number of aromatic nitrogens is 2. The second-order valence-electron chi connectivity index (χ2n) is 5.20. The van der Waals surface area contributed by atoms with Gasteiger partial charge < -0.3 is 4.74 Å². The zero-order chi connectivity index (χ0) is 16.5. The minimum atomic E-state index is -0.272. The van der Waals surface area contributed by atoms with Gasteiger partial charge in [0.05, 0.1) is 22.8 Å². The number of hydrogen-bond acceptors (Lipinski definition) is 5. The van der Waals surface area contributed by atoms with Crippen LogP contribution in [-0.4, -0.2) is 23.0 Å². The Bertz CT molecular complexity index is 1060. The third kappa shape index (κ3) is 2.68. The number of carbonyl (C=O) groups is 1. The van der Waals surface area contributed by atoms with Gasteiger partial charge in [-0.1, -0.05) is 35.6 Å². The molecule has 0 saturated heterocycles. The predicted octanol–water partition coefficient (Wildman–Crippen LogP) is 4.11. The van der Waals surface area contributed by atoms with Crippen LogP contribution in [0.1, 0.15) is 10.5 Å². The maximum Gasteiger partial charge on any atom is 0.276 e. The summed E-state index contributed by atoms with van der Waals surface area (Å²) in [6.07, 6.45) is 0. The standard InChI is InChI=1S/C18H13N3O2S/c1-23-12-7-9-14-16(10-12)24-18(20-14)21-17(22)15-8-6-11-4-2-3-5-13(11)19-15/h2-10H,1H3,(H,20,21,22). The van der Waals surface area contributed by atoms with Crippen LogP contribution in [0.4, 0.5) is 5.13 Å². The summed E-state index contributed by atoms with van der Waals surface area (Å²) in [6.45, 7) is 0. The number of para-hydroxylation sites is 1. The first-order chi connectivity index (χ1) is 11.7. The Morgan fingerprint density at radius 3 is 2.79 bits per heavy atom. The third-order valence-electron chi connectivity index (χ3n) is 3.65. The normalized spacial score (nSPS) is 10.9. The molecule has 1 N–H and O–H groups in total. The molecule has 0 aliphatic carbocycles. The van der Waals surface area contributed by atoms with E-state index >= 15 is 0 Å². The molecule has 0 atom stereocenters. The molecule has 0 aliphatic heterocycles. The van der Waals surface area contributed by atoms with Crippen LogP contribution in [-0.2, 0) is 0 Å². The van der Waals surface area contributed by atoms with Crippen molar-refractivity contribution in [3.05, 3.63) is 60.3 Å². The summed E-state index contributed by atoms with van der Waals surface area (Å²) in [5.74, 6) is 0.493. The van der Waals surface area contributed by atoms with Crippen LogP contribution in [0.5, 0.6) is 5.75 Å². The third-order valence-corrected chi connectivity index (χ3v) is 4.58. The average Bonchev–Trinajstić information content (AvgIpc) is 3.02. The summed E-state index contributed by atoms with van der Waals surface area (Å²) in [5, 5.41) is 4.36. The lowest BCUT2D eigenvalue weighted by Gasteiger charge is -2.02. The van der Waals surface area contributed by atoms with E-state index in [4.69, 9.17) is 4.74 Å². The number of ether oxygens (including phenoxy) is 1. The van der Waals surface area contributed by atoms with Gasteiger partial charge in [-0.3, -0.25) is 10.1 Å². The molecule has 2 aromatic heterocycles. The Labute approximate surface area is 141 Å². The van der Waals surface area contributed by atoms with Crippen molar-refractivity contribution in [1.82, 2.24) is 9.97 Å². The molecule has 0 saturated carbocycles. The van der Waals surface area contributed by atoms with Crippen molar-refractivity contribution in [2.75, 3.05) is 12.4 Å². The molecule has 0 bridgehead atoms. The first-order valence-corrected chi connectivity index (χ1v) is 8.16. The summed E-state index contributed by atoms with van der Waals surface area (Å²) in [6, 6.07) is 16.9. The number of pyridine rings is 1. The zero-order valence-corrected chi connectivity index (χ0v) is 13.6. The van der Waals surface area contributed by atoms with Crippen LogP contribution < -0.4 is 10.1 Å². The minimum Gasteiger partial charge on any atom is -0.497 e. The maximum absolute atomic E-state index is 12.4. The average molecular weight is 335 g/mol. The number of nitrogens with zero attached hydrogens (tertiary/aromatic N) is 2. The lowest BCUT2D eigenvalue weighted by atomic mass is 10.2. The summed E-state index contributed by atoms with van der Waals surface area (Å²) in [4.78, 5) is 21.2. The molecule has 0 radical (unpaired) electrons. The number of hydrogen-bond donors (Lipinski definition) is 1. The minimum absolute atomic E-state index is 0.272. The predicted molar refractivity (Wildman–Crippen MR) is 95.9 cm³/mol. The van der Waals surface area contributed by atoms with Crippen LogP contribution in [0.15, 0.2) is 54.6 Å². The number of nitrogens with one attached hydrogen (secondary N) is 1. The molecule has 0 spiro atoms. The van der Waals surface area contributed by atoms with Gasteiger partial charge in [0.2, 0.25) is 0 Å². The molecular formula is C18H13N3O2S. The zero-order valence-electron chi connectivity index (χ0n) is 12.8. The highest BCUT2D eigenvalue weighted by Crippen LogP contribution is 2.29. The second-order valence-corrected chi connectivity index (χ2v) is 6.23. The van der Waals surface area contributed by atoms with E-state index in [0.29, 0.717) is 10.8 Å². The quantitative estimate of drug-likeness (QED) is 0.612. The maximum atomic E-state index is 12.4.